The monoisotopic (exact) mass is 1120 g/mol. The van der Waals surface area contributed by atoms with E-state index in [0.29, 0.717) is 53.2 Å². The van der Waals surface area contributed by atoms with Gasteiger partial charge in [-0.3, -0.25) is 18.9 Å². The fourth-order valence-corrected chi connectivity index (χ4v) is 13.7. The van der Waals surface area contributed by atoms with E-state index in [0.717, 1.165) is 69.5 Å². The maximum Gasteiger partial charge on any atom is 0.362 e. The van der Waals surface area contributed by atoms with E-state index in [1.165, 1.54) is 56.7 Å². The molecule has 9 atom stereocenters. The molecule has 0 unspecified atom stereocenters. The Kier molecular flexibility index (Phi) is 14.0. The van der Waals surface area contributed by atoms with Crippen molar-refractivity contribution in [3.05, 3.63) is 80.4 Å². The molecule has 2 amide bonds. The van der Waals surface area contributed by atoms with Crippen LogP contribution in [0.25, 0.3) is 10.9 Å². The number of likely N-dealkylation sites (tertiary alicyclic amines) is 1. The van der Waals surface area contributed by atoms with Gasteiger partial charge < -0.3 is 65.5 Å². The Labute approximate surface area is 450 Å². The number of fused-ring (bicyclic) bond motifs is 2. The number of aromatic nitrogens is 2. The first kappa shape index (κ1) is 54.4. The topological polar surface area (TPSA) is 338 Å². The van der Waals surface area contributed by atoms with Crippen molar-refractivity contribution < 1.29 is 71.3 Å². The molecule has 2 aromatic heterocycles. The van der Waals surface area contributed by atoms with Gasteiger partial charge in [-0.25, -0.2) is 23.3 Å². The van der Waals surface area contributed by atoms with Gasteiger partial charge in [-0.2, -0.15) is 8.42 Å². The normalized spacial score (nSPS) is 27.7. The van der Waals surface area contributed by atoms with Crippen molar-refractivity contribution in [2.24, 2.45) is 17.0 Å². The maximum atomic E-state index is 15.3. The number of hydrogen-bond donors (Lipinski definition) is 8. The Hall–Kier alpha value is -6.91. The Morgan fingerprint density at radius 1 is 1.13 bits per heavy atom. The number of aliphatic hydroxyl groups excluding tert-OH is 1. The first-order valence-corrected chi connectivity index (χ1v) is 27.7. The van der Waals surface area contributed by atoms with Crippen LogP contribution in [-0.4, -0.2) is 164 Å². The highest BCUT2D eigenvalue weighted by molar-refractivity contribution is 7.84. The van der Waals surface area contributed by atoms with Gasteiger partial charge in [-0.1, -0.05) is 23.4 Å². The second-order valence-electron chi connectivity index (χ2n) is 21.5. The van der Waals surface area contributed by atoms with E-state index in [1.54, 1.807) is 10.6 Å². The molecule has 8 aliphatic rings. The van der Waals surface area contributed by atoms with E-state index >= 15 is 4.39 Å². The number of ether oxygens (including phenoxy) is 2. The molecule has 5 aliphatic heterocycles. The van der Waals surface area contributed by atoms with E-state index in [1.807, 2.05) is 17.0 Å². The van der Waals surface area contributed by atoms with Gasteiger partial charge in [-0.15, -0.1) is 11.3 Å². The summed E-state index contributed by atoms with van der Waals surface area (Å²) in [4.78, 5) is 73.2. The maximum absolute atomic E-state index is 15.3. The molecule has 78 heavy (non-hydrogen) atoms. The highest BCUT2D eigenvalue weighted by Gasteiger charge is 2.64. The molecular formula is C51H60FN9O15S2. The van der Waals surface area contributed by atoms with Crippen molar-refractivity contribution in [1.29, 1.82) is 0 Å². The predicted molar refractivity (Wildman–Crippen MR) is 280 cm³/mol. The summed E-state index contributed by atoms with van der Waals surface area (Å²) in [5.41, 5.74) is 5.39. The lowest BCUT2D eigenvalue weighted by molar-refractivity contribution is -0.161. The molecule has 1 saturated carbocycles. The fourth-order valence-electron chi connectivity index (χ4n) is 12.3. The molecule has 27 heteroatoms. The van der Waals surface area contributed by atoms with Gasteiger partial charge in [-0.05, 0) is 103 Å². The summed E-state index contributed by atoms with van der Waals surface area (Å²) in [5, 5.41) is 50.0. The number of amides is 2. The van der Waals surface area contributed by atoms with Gasteiger partial charge in [0.25, 0.3) is 11.8 Å². The van der Waals surface area contributed by atoms with E-state index in [-0.39, 0.29) is 49.4 Å². The summed E-state index contributed by atoms with van der Waals surface area (Å²) in [7, 11) is -1.09. The van der Waals surface area contributed by atoms with Crippen molar-refractivity contribution in [1.82, 2.24) is 29.4 Å². The number of piperidine rings is 2. The van der Waals surface area contributed by atoms with Gasteiger partial charge >= 0.3 is 22.2 Å². The Balaban J connectivity index is 0.000000134. The van der Waals surface area contributed by atoms with Crippen molar-refractivity contribution in [3.63, 3.8) is 0 Å². The first-order valence-electron chi connectivity index (χ1n) is 25.5. The number of rotatable bonds is 11. The molecule has 2 bridgehead atoms. The van der Waals surface area contributed by atoms with Crippen molar-refractivity contribution in [2.45, 2.75) is 113 Å². The lowest BCUT2D eigenvalue weighted by Crippen LogP contribution is -2.71. The third kappa shape index (κ3) is 9.25. The summed E-state index contributed by atoms with van der Waals surface area (Å²) < 4.78 is 60.3. The number of likely N-dealkylation sites (N-methyl/N-ethyl adjacent to an activating group) is 1. The molecule has 24 nitrogen and oxygen atoms in total. The number of carboxylic acids is 2. The third-order valence-electron chi connectivity index (χ3n) is 16.4. The minimum Gasteiger partial charge on any atom is -0.504 e. The van der Waals surface area contributed by atoms with E-state index < -0.39 is 74.8 Å². The number of nitrogens with zero attached hydrogens (tertiary/aromatic N) is 6. The van der Waals surface area contributed by atoms with Gasteiger partial charge in [0, 0.05) is 59.7 Å². The molecule has 4 saturated heterocycles. The lowest BCUT2D eigenvalue weighted by atomic mass is 9.53. The van der Waals surface area contributed by atoms with Crippen LogP contribution in [0.1, 0.15) is 86.1 Å². The summed E-state index contributed by atoms with van der Waals surface area (Å²) in [5.74, 6) is -3.25. The van der Waals surface area contributed by atoms with Crippen LogP contribution in [0.4, 0.5) is 15.2 Å². The number of pyridine rings is 1. The van der Waals surface area contributed by atoms with Gasteiger partial charge in [0.2, 0.25) is 11.0 Å². The number of nitrogens with one attached hydrogen (secondary N) is 2. The number of aromatic carboxylic acids is 1. The van der Waals surface area contributed by atoms with Crippen LogP contribution in [0.2, 0.25) is 0 Å². The zero-order valence-corrected chi connectivity index (χ0v) is 44.7. The molecule has 9 N–H and O–H groups in total. The smallest absolute Gasteiger partial charge is 0.362 e. The number of benzene rings is 2. The number of carbonyl (C=O) groups is 4. The highest BCUT2D eigenvalue weighted by Crippen LogP contribution is 2.62. The second-order valence-corrected chi connectivity index (χ2v) is 23.6. The SMILES string of the molecule is CN1CC[C@]23c4c5ccc(O)c4O[C@H]2[C@@H](O)C=C[C@H]3[C@H]1C5.COc1c(N2C[C@@H]3CCCN[C@@H]3C2)c(F)cc2c(=O)c(C(=O)O)cn(C3CC3)c12.C[C@H]1[C@H](NC(=O)/C(=N\OC(C)(C)C(=O)O)c2csc(N)n2)C(=O)N1S(=O)(=O)O. The van der Waals surface area contributed by atoms with Crippen molar-refractivity contribution in [3.8, 4) is 17.2 Å². The number of aliphatic hydroxyl groups is 1. The van der Waals surface area contributed by atoms with Crippen LogP contribution >= 0.6 is 11.3 Å². The number of aliphatic carboxylic acids is 1. The molecule has 7 heterocycles. The highest BCUT2D eigenvalue weighted by atomic mass is 32.2. The number of methoxy groups -OCH3 is 1. The molecule has 0 radical (unpaired) electrons. The fraction of sp³-hybridized carbons (Fsp3) is 0.510. The average Bonchev–Trinajstić information content (AvgIpc) is 4.06. The predicted octanol–water partition coefficient (Wildman–Crippen LogP) is 2.40. The third-order valence-corrected chi connectivity index (χ3v) is 18.1. The number of thiazole rings is 1. The molecule has 3 aliphatic carbocycles. The largest absolute Gasteiger partial charge is 0.504 e. The summed E-state index contributed by atoms with van der Waals surface area (Å²) in [6, 6.07) is 3.53. The quantitative estimate of drug-likeness (QED) is 0.0351. The second kappa shape index (κ2) is 20.1. The Morgan fingerprint density at radius 3 is 2.50 bits per heavy atom. The van der Waals surface area contributed by atoms with Crippen LogP contribution in [0, 0.1) is 17.7 Å². The number of aromatic hydroxyl groups is 1. The molecule has 4 aromatic rings. The van der Waals surface area contributed by atoms with Gasteiger partial charge in [0.15, 0.2) is 33.9 Å². The Bertz CT molecular complexity index is 3370. The van der Waals surface area contributed by atoms with E-state index in [4.69, 9.17) is 29.7 Å². The molecule has 418 valence electrons. The standard InChI is InChI=1S/C21H24FN3O4.C17H19NO3.C13H17N5O8S2/c1-29-20-17-13(19(26)14(21(27)28)9-25(17)12-4-5-12)7-15(22)18(20)24-8-11-3-2-6-23-16(11)10-24;1-18-7-6-17-10-3-5-13(20)16(17)21-15-12(19)4-2-9(14(15)17)8-11(10)18;1-5-7(10(20)18(5)28(23,24)25)16-9(19)8(6-4-27-12(14)15-6)17-26-13(2,3)11(21)22/h7,9,11-12,16,23H,2-6,8,10H2,1H3,(H,27,28);2-5,10-11,13,16,19-20H,6-8H2,1H3;4-5,7H,1-3H3,(H2,14,15)(H,16,19)(H,21,22)(H,23,24,25)/b;;17-8-/t11-,16+;10-,11+,13-,16-,17-;5-,7-/m000/s1. The Morgan fingerprint density at radius 2 is 1.87 bits per heavy atom. The van der Waals surface area contributed by atoms with Crippen molar-refractivity contribution >= 4 is 72.8 Å². The number of β-lactam (4-membered cyclic amide) rings is 1. The number of halogens is 1. The molecule has 5 fully saturated rings. The summed E-state index contributed by atoms with van der Waals surface area (Å²) in [6.45, 7) is 7.10. The average molecular weight is 1120 g/mol. The van der Waals surface area contributed by atoms with Crippen LogP contribution in [0.15, 0.2) is 51.9 Å². The van der Waals surface area contributed by atoms with Crippen LogP contribution in [0.5, 0.6) is 17.2 Å². The number of hydrogen-bond acceptors (Lipinski definition) is 19. The number of nitrogen functional groups attached to an aromatic ring is 1. The number of phenols is 1. The zero-order chi connectivity index (χ0) is 56.1. The molecular weight excluding hydrogens is 1060 g/mol. The van der Waals surface area contributed by atoms with Crippen LogP contribution in [0.3, 0.4) is 0 Å². The summed E-state index contributed by atoms with van der Waals surface area (Å²) >= 11 is 0.980. The van der Waals surface area contributed by atoms with Gasteiger partial charge in [0.1, 0.15) is 35.2 Å². The van der Waals surface area contributed by atoms with E-state index in [2.05, 4.69) is 38.8 Å². The van der Waals surface area contributed by atoms with Crippen LogP contribution < -0.4 is 36.2 Å². The number of anilines is 2. The molecule has 12 rings (SSSR count). The van der Waals surface area contributed by atoms with E-state index in [9.17, 15) is 47.7 Å². The van der Waals surface area contributed by atoms with Gasteiger partial charge in [0.05, 0.1) is 24.1 Å². The number of nitrogens with two attached hydrogens (primary N) is 1. The first-order chi connectivity index (χ1) is 36.9. The zero-order valence-electron chi connectivity index (χ0n) is 43.1. The minimum absolute atomic E-state index is 0.0350. The number of carboxylic acid groups (broad SMARTS) is 2. The number of phenolic OH excluding ortho intramolecular Hbond substituents is 1. The lowest BCUT2D eigenvalue weighted by Gasteiger charge is -2.56. The molecule has 1 spiro atoms. The molecule has 2 aromatic carbocycles. The summed E-state index contributed by atoms with van der Waals surface area (Å²) in [6.07, 6.45) is 10.6. The van der Waals surface area contributed by atoms with Crippen molar-refractivity contribution in [2.75, 3.05) is 51.0 Å². The number of oxime groups is 1. The number of carbonyl (C=O) groups excluding carboxylic acids is 2. The van der Waals surface area contributed by atoms with Crippen LogP contribution in [-0.2, 0) is 41.4 Å². The minimum atomic E-state index is -4.76.